The van der Waals surface area contributed by atoms with Crippen LogP contribution < -0.4 is 9.47 Å². The molecule has 0 aliphatic heterocycles. The summed E-state index contributed by atoms with van der Waals surface area (Å²) >= 11 is 0. The molecule has 18 heavy (non-hydrogen) atoms. The molecule has 3 aliphatic rings. The van der Waals surface area contributed by atoms with Crippen LogP contribution >= 0.6 is 0 Å². The zero-order valence-electron chi connectivity index (χ0n) is 11.2. The van der Waals surface area contributed by atoms with Crippen molar-refractivity contribution in [2.75, 3.05) is 14.2 Å². The summed E-state index contributed by atoms with van der Waals surface area (Å²) in [7, 11) is 3.40. The third kappa shape index (κ3) is 1.46. The smallest absolute Gasteiger partial charge is 0.122 e. The Morgan fingerprint density at radius 1 is 1.11 bits per heavy atom. The predicted molar refractivity (Wildman–Crippen MR) is 69.5 cm³/mol. The Bertz CT molecular complexity index is 479. The number of methoxy groups -OCH3 is 2. The largest absolute Gasteiger partial charge is 0.496 e. The van der Waals surface area contributed by atoms with Gasteiger partial charge in [-0.2, -0.15) is 0 Å². The Balaban J connectivity index is 2.24. The number of aliphatic hydroxyl groups is 1. The standard InChI is InChI=1S/C15H20O3/c1-15(16)8-9-4-5-10(15)14-12(18-3)7-6-11(17-2)13(9)14/h6-7,9-10,16H,4-5,8H2,1-3H3. The third-order valence-electron chi connectivity index (χ3n) is 4.62. The fraction of sp³-hybridized carbons (Fsp3) is 0.600. The first-order valence-electron chi connectivity index (χ1n) is 6.55. The van der Waals surface area contributed by atoms with E-state index in [4.69, 9.17) is 9.47 Å². The van der Waals surface area contributed by atoms with E-state index in [1.165, 1.54) is 11.1 Å². The molecule has 0 spiro atoms. The molecule has 1 N–H and O–H groups in total. The van der Waals surface area contributed by atoms with Gasteiger partial charge in [-0.1, -0.05) is 0 Å². The Hall–Kier alpha value is -1.22. The minimum absolute atomic E-state index is 0.169. The normalized spacial score (nSPS) is 33.1. The maximum absolute atomic E-state index is 10.6. The molecule has 3 heteroatoms. The summed E-state index contributed by atoms with van der Waals surface area (Å²) in [6.45, 7) is 1.95. The summed E-state index contributed by atoms with van der Waals surface area (Å²) in [4.78, 5) is 0. The average molecular weight is 248 g/mol. The molecule has 3 unspecified atom stereocenters. The highest BCUT2D eigenvalue weighted by Gasteiger charge is 2.48. The van der Waals surface area contributed by atoms with E-state index in [0.29, 0.717) is 5.92 Å². The topological polar surface area (TPSA) is 38.7 Å². The molecule has 0 amide bonds. The van der Waals surface area contributed by atoms with E-state index in [-0.39, 0.29) is 5.92 Å². The average Bonchev–Trinajstić information content (AvgIpc) is 2.36. The number of hydrogen-bond acceptors (Lipinski definition) is 3. The monoisotopic (exact) mass is 248 g/mol. The van der Waals surface area contributed by atoms with E-state index >= 15 is 0 Å². The van der Waals surface area contributed by atoms with Crippen molar-refractivity contribution >= 4 is 0 Å². The Morgan fingerprint density at radius 2 is 1.72 bits per heavy atom. The molecule has 0 saturated heterocycles. The highest BCUT2D eigenvalue weighted by atomic mass is 16.5. The Kier molecular flexibility index (Phi) is 2.56. The maximum atomic E-state index is 10.6. The van der Waals surface area contributed by atoms with Gasteiger partial charge in [0.05, 0.1) is 19.8 Å². The van der Waals surface area contributed by atoms with Crippen molar-refractivity contribution in [3.05, 3.63) is 23.3 Å². The predicted octanol–water partition coefficient (Wildman–Crippen LogP) is 2.82. The molecule has 1 aromatic rings. The fourth-order valence-corrected chi connectivity index (χ4v) is 3.86. The lowest BCUT2D eigenvalue weighted by Gasteiger charge is -2.48. The number of benzene rings is 1. The van der Waals surface area contributed by atoms with Crippen LogP contribution in [-0.2, 0) is 0 Å². The van der Waals surface area contributed by atoms with Crippen LogP contribution in [0.3, 0.4) is 0 Å². The highest BCUT2D eigenvalue weighted by molar-refractivity contribution is 5.56. The van der Waals surface area contributed by atoms with Crippen LogP contribution in [0.1, 0.15) is 49.1 Å². The fourth-order valence-electron chi connectivity index (χ4n) is 3.86. The lowest BCUT2D eigenvalue weighted by molar-refractivity contribution is -0.0182. The summed E-state index contributed by atoms with van der Waals surface area (Å²) in [6.07, 6.45) is 3.00. The molecule has 0 radical (unpaired) electrons. The molecule has 2 bridgehead atoms. The first-order valence-corrected chi connectivity index (χ1v) is 6.55. The minimum atomic E-state index is -0.616. The molecule has 1 aromatic carbocycles. The molecule has 0 aromatic heterocycles. The van der Waals surface area contributed by atoms with Gasteiger partial charge in [-0.25, -0.2) is 0 Å². The van der Waals surface area contributed by atoms with Crippen LogP contribution in [0.2, 0.25) is 0 Å². The van der Waals surface area contributed by atoms with E-state index in [9.17, 15) is 5.11 Å². The van der Waals surface area contributed by atoms with Gasteiger partial charge in [-0.15, -0.1) is 0 Å². The molecule has 0 heterocycles. The van der Waals surface area contributed by atoms with Crippen LogP contribution in [-0.4, -0.2) is 24.9 Å². The highest BCUT2D eigenvalue weighted by Crippen LogP contribution is 2.58. The van der Waals surface area contributed by atoms with Crippen molar-refractivity contribution in [3.63, 3.8) is 0 Å². The summed E-state index contributed by atoms with van der Waals surface area (Å²) in [5, 5.41) is 10.6. The second-order valence-electron chi connectivity index (χ2n) is 5.69. The van der Waals surface area contributed by atoms with Crippen LogP contribution in [0.5, 0.6) is 11.5 Å². The molecule has 3 aliphatic carbocycles. The van der Waals surface area contributed by atoms with Crippen molar-refractivity contribution in [1.82, 2.24) is 0 Å². The van der Waals surface area contributed by atoms with Gasteiger partial charge in [-0.05, 0) is 44.2 Å². The summed E-state index contributed by atoms with van der Waals surface area (Å²) < 4.78 is 11.0. The first kappa shape index (κ1) is 11.8. The van der Waals surface area contributed by atoms with Gasteiger partial charge in [0.2, 0.25) is 0 Å². The molecule has 3 atom stereocenters. The molecule has 1 saturated carbocycles. The van der Waals surface area contributed by atoms with E-state index in [1.54, 1.807) is 14.2 Å². The maximum Gasteiger partial charge on any atom is 0.122 e. The quantitative estimate of drug-likeness (QED) is 0.874. The van der Waals surface area contributed by atoms with Crippen molar-refractivity contribution in [1.29, 1.82) is 0 Å². The summed E-state index contributed by atoms with van der Waals surface area (Å²) in [5.74, 6) is 2.39. The van der Waals surface area contributed by atoms with Gasteiger partial charge in [-0.3, -0.25) is 0 Å². The molecule has 4 rings (SSSR count). The Morgan fingerprint density at radius 3 is 2.28 bits per heavy atom. The van der Waals surface area contributed by atoms with Crippen molar-refractivity contribution in [2.45, 2.75) is 43.6 Å². The summed E-state index contributed by atoms with van der Waals surface area (Å²) in [5.41, 5.74) is 1.82. The zero-order chi connectivity index (χ0) is 12.9. The van der Waals surface area contributed by atoms with Crippen molar-refractivity contribution in [3.8, 4) is 11.5 Å². The number of fused-ring (bicyclic) bond motifs is 2. The van der Waals surface area contributed by atoms with Crippen LogP contribution in [0.4, 0.5) is 0 Å². The molecule has 3 nitrogen and oxygen atoms in total. The molecule has 98 valence electrons. The van der Waals surface area contributed by atoms with Gasteiger partial charge in [0, 0.05) is 17.0 Å². The summed E-state index contributed by atoms with van der Waals surface area (Å²) in [6, 6.07) is 3.93. The second kappa shape index (κ2) is 3.89. The van der Waals surface area contributed by atoms with E-state index in [1.807, 2.05) is 19.1 Å². The van der Waals surface area contributed by atoms with E-state index in [0.717, 1.165) is 30.8 Å². The third-order valence-corrected chi connectivity index (χ3v) is 4.62. The van der Waals surface area contributed by atoms with E-state index < -0.39 is 5.60 Å². The number of rotatable bonds is 2. The molecular weight excluding hydrogens is 228 g/mol. The van der Waals surface area contributed by atoms with Gasteiger partial charge in [0.1, 0.15) is 11.5 Å². The van der Waals surface area contributed by atoms with Crippen molar-refractivity contribution < 1.29 is 14.6 Å². The SMILES string of the molecule is COc1ccc(OC)c2c1C1CCC2C(C)(O)C1. The van der Waals surface area contributed by atoms with Gasteiger partial charge >= 0.3 is 0 Å². The number of hydrogen-bond donors (Lipinski definition) is 1. The van der Waals surface area contributed by atoms with Crippen molar-refractivity contribution in [2.24, 2.45) is 0 Å². The molecular formula is C15H20O3. The minimum Gasteiger partial charge on any atom is -0.496 e. The van der Waals surface area contributed by atoms with Gasteiger partial charge < -0.3 is 14.6 Å². The van der Waals surface area contributed by atoms with Crippen LogP contribution in [0.15, 0.2) is 12.1 Å². The Labute approximate surface area is 108 Å². The van der Waals surface area contributed by atoms with E-state index in [2.05, 4.69) is 0 Å². The zero-order valence-corrected chi connectivity index (χ0v) is 11.2. The first-order chi connectivity index (χ1) is 8.58. The van der Waals surface area contributed by atoms with Crippen LogP contribution in [0.25, 0.3) is 0 Å². The molecule has 1 fully saturated rings. The van der Waals surface area contributed by atoms with Crippen LogP contribution in [0, 0.1) is 0 Å². The second-order valence-corrected chi connectivity index (χ2v) is 5.69. The number of ether oxygens (including phenoxy) is 2. The van der Waals surface area contributed by atoms with Gasteiger partial charge in [0.25, 0.3) is 0 Å². The lowest BCUT2D eigenvalue weighted by atomic mass is 9.59. The lowest BCUT2D eigenvalue weighted by Crippen LogP contribution is -2.43. The van der Waals surface area contributed by atoms with Gasteiger partial charge in [0.15, 0.2) is 0 Å².